The van der Waals surface area contributed by atoms with Crippen LogP contribution in [-0.4, -0.2) is 25.0 Å². The van der Waals surface area contributed by atoms with Gasteiger partial charge in [-0.15, -0.1) is 0 Å². The second kappa shape index (κ2) is 5.86. The lowest BCUT2D eigenvalue weighted by molar-refractivity contribution is -0.255. The van der Waals surface area contributed by atoms with E-state index >= 15 is 0 Å². The third-order valence-corrected chi connectivity index (χ3v) is 5.73. The molecule has 6 nitrogen and oxygen atoms in total. The Balaban J connectivity index is 2.27. The fourth-order valence-electron chi connectivity index (χ4n) is 3.96. The van der Waals surface area contributed by atoms with Crippen LogP contribution in [0.2, 0.25) is 10.0 Å². The van der Waals surface area contributed by atoms with Gasteiger partial charge in [0.2, 0.25) is 0 Å². The summed E-state index contributed by atoms with van der Waals surface area (Å²) in [6.07, 6.45) is 0. The summed E-state index contributed by atoms with van der Waals surface area (Å²) >= 11 is 12.5. The molecule has 1 saturated carbocycles. The largest absolute Gasteiger partial charge is 0.386 e. The number of hydrogen-bond donors (Lipinski definition) is 1. The van der Waals surface area contributed by atoms with E-state index in [1.54, 1.807) is 32.0 Å². The highest BCUT2D eigenvalue weighted by atomic mass is 35.5. The van der Waals surface area contributed by atoms with Gasteiger partial charge in [-0.2, -0.15) is 10.5 Å². The van der Waals surface area contributed by atoms with E-state index in [4.69, 9.17) is 38.4 Å². The molecule has 130 valence electrons. The first kappa shape index (κ1) is 18.0. The fourth-order valence-corrected chi connectivity index (χ4v) is 4.38. The van der Waals surface area contributed by atoms with Crippen LogP contribution in [0, 0.1) is 33.5 Å². The Kier molecular flexibility index (Phi) is 4.21. The van der Waals surface area contributed by atoms with Crippen LogP contribution in [0.25, 0.3) is 0 Å². The molecule has 0 spiro atoms. The van der Waals surface area contributed by atoms with Crippen molar-refractivity contribution < 1.29 is 9.47 Å². The first-order valence-electron chi connectivity index (χ1n) is 7.82. The van der Waals surface area contributed by atoms with Crippen LogP contribution in [0.5, 0.6) is 0 Å². The smallest absolute Gasteiger partial charge is 0.293 e. The summed E-state index contributed by atoms with van der Waals surface area (Å²) in [6, 6.07) is 9.48. The molecular formula is C17H16Cl2N4O2. The van der Waals surface area contributed by atoms with Gasteiger partial charge in [-0.05, 0) is 25.5 Å². The maximum Gasteiger partial charge on any atom is 0.293 e. The van der Waals surface area contributed by atoms with Gasteiger partial charge in [0.25, 0.3) is 5.91 Å². The van der Waals surface area contributed by atoms with Gasteiger partial charge in [-0.3, -0.25) is 0 Å². The number of aliphatic imine (C=N–C) groups is 1. The summed E-state index contributed by atoms with van der Waals surface area (Å²) in [7, 11) is 0. The molecule has 25 heavy (non-hydrogen) atoms. The highest BCUT2D eigenvalue weighted by Gasteiger charge is 2.94. The molecule has 1 aromatic carbocycles. The van der Waals surface area contributed by atoms with Crippen LogP contribution in [0.3, 0.4) is 0 Å². The number of nitriles is 2. The number of fused-ring (bicyclic) bond motifs is 1. The Hall–Kier alpha value is -1.83. The van der Waals surface area contributed by atoms with Gasteiger partial charge < -0.3 is 15.2 Å². The Morgan fingerprint density at radius 1 is 1.20 bits per heavy atom. The normalized spacial score (nSPS) is 31.6. The molecule has 0 saturated heterocycles. The van der Waals surface area contributed by atoms with Crippen molar-refractivity contribution in [2.45, 2.75) is 25.7 Å². The van der Waals surface area contributed by atoms with Crippen LogP contribution in [-0.2, 0) is 9.47 Å². The van der Waals surface area contributed by atoms with Gasteiger partial charge in [-0.1, -0.05) is 35.3 Å². The minimum Gasteiger partial charge on any atom is -0.386 e. The zero-order valence-corrected chi connectivity index (χ0v) is 15.2. The van der Waals surface area contributed by atoms with Gasteiger partial charge in [0.15, 0.2) is 5.41 Å². The van der Waals surface area contributed by atoms with Crippen LogP contribution in [0.4, 0.5) is 0 Å². The average molecular weight is 379 g/mol. The van der Waals surface area contributed by atoms with Crippen molar-refractivity contribution in [3.05, 3.63) is 33.8 Å². The molecule has 0 unspecified atom stereocenters. The van der Waals surface area contributed by atoms with E-state index in [0.717, 1.165) is 0 Å². The fraction of sp³-hybridized carbons (Fsp3) is 0.471. The van der Waals surface area contributed by atoms with Crippen molar-refractivity contribution in [2.24, 2.45) is 21.6 Å². The van der Waals surface area contributed by atoms with Crippen molar-refractivity contribution in [3.63, 3.8) is 0 Å². The number of ether oxygens (including phenoxy) is 2. The highest BCUT2D eigenvalue weighted by Crippen LogP contribution is 2.82. The van der Waals surface area contributed by atoms with E-state index in [0.29, 0.717) is 10.6 Å². The zero-order chi connectivity index (χ0) is 18.5. The minimum atomic E-state index is -1.65. The van der Waals surface area contributed by atoms with E-state index < -0.39 is 22.7 Å². The van der Waals surface area contributed by atoms with E-state index in [9.17, 15) is 10.5 Å². The number of amidine groups is 1. The Morgan fingerprint density at radius 2 is 1.84 bits per heavy atom. The molecule has 1 aromatic rings. The average Bonchev–Trinajstić information content (AvgIpc) is 3.16. The Morgan fingerprint density at radius 3 is 2.36 bits per heavy atom. The molecule has 0 amide bonds. The second-order valence-corrected chi connectivity index (χ2v) is 6.65. The van der Waals surface area contributed by atoms with Gasteiger partial charge >= 0.3 is 0 Å². The predicted octanol–water partition coefficient (Wildman–Crippen LogP) is 3.21. The van der Waals surface area contributed by atoms with Crippen molar-refractivity contribution in [1.29, 1.82) is 10.5 Å². The maximum absolute atomic E-state index is 10.1. The first-order chi connectivity index (χ1) is 11.9. The summed E-state index contributed by atoms with van der Waals surface area (Å²) in [5.74, 6) is -2.29. The third-order valence-electron chi connectivity index (χ3n) is 4.90. The van der Waals surface area contributed by atoms with E-state index in [1.807, 2.05) is 0 Å². The number of hydrogen-bond acceptors (Lipinski definition) is 6. The van der Waals surface area contributed by atoms with E-state index in [2.05, 4.69) is 17.1 Å². The summed E-state index contributed by atoms with van der Waals surface area (Å²) < 4.78 is 11.5. The highest BCUT2D eigenvalue weighted by molar-refractivity contribution is 6.42. The third kappa shape index (κ3) is 1.89. The molecule has 2 N–H and O–H groups in total. The Labute approximate surface area is 155 Å². The van der Waals surface area contributed by atoms with Crippen LogP contribution < -0.4 is 5.73 Å². The molecule has 8 heteroatoms. The zero-order valence-electron chi connectivity index (χ0n) is 13.7. The van der Waals surface area contributed by atoms with E-state index in [-0.39, 0.29) is 24.1 Å². The summed E-state index contributed by atoms with van der Waals surface area (Å²) in [5.41, 5.74) is 3.87. The van der Waals surface area contributed by atoms with Crippen molar-refractivity contribution in [3.8, 4) is 12.1 Å². The first-order valence-corrected chi connectivity index (χ1v) is 8.58. The molecular weight excluding hydrogens is 363 g/mol. The van der Waals surface area contributed by atoms with Crippen molar-refractivity contribution in [2.75, 3.05) is 13.2 Å². The van der Waals surface area contributed by atoms with Crippen LogP contribution in [0.15, 0.2) is 23.2 Å². The number of halogens is 2. The molecule has 1 fully saturated rings. The SMILES string of the molecule is CCOC1(OCC)N=C(N)[C@@]2(C#N)[C@@H](c3cccc(Cl)c3Cl)[C@@]12C#N. The summed E-state index contributed by atoms with van der Waals surface area (Å²) in [4.78, 5) is 4.27. The monoisotopic (exact) mass is 378 g/mol. The van der Waals surface area contributed by atoms with Crippen molar-refractivity contribution >= 4 is 29.0 Å². The molecule has 1 aliphatic heterocycles. The lowest BCUT2D eigenvalue weighted by Crippen LogP contribution is -2.43. The Bertz CT molecular complexity index is 838. The molecule has 1 heterocycles. The maximum atomic E-state index is 10.1. The molecule has 2 aliphatic rings. The lowest BCUT2D eigenvalue weighted by atomic mass is 9.93. The standard InChI is InChI=1S/C17H16Cl2N4O2/c1-3-24-17(25-4-2)16(9-21)13(15(16,8-20)14(22)23-17)10-6-5-7-11(18)12(10)19/h5-7,13H,3-4H2,1-2H3,(H2,22,23)/t13-,15-,16-/m1/s1. The van der Waals surface area contributed by atoms with Gasteiger partial charge in [0, 0.05) is 19.1 Å². The van der Waals surface area contributed by atoms with Crippen molar-refractivity contribution in [1.82, 2.24) is 0 Å². The topological polar surface area (TPSA) is 104 Å². The predicted molar refractivity (Wildman–Crippen MR) is 92.9 cm³/mol. The summed E-state index contributed by atoms with van der Waals surface area (Å²) in [6.45, 7) is 3.98. The van der Waals surface area contributed by atoms with Gasteiger partial charge in [0.1, 0.15) is 11.3 Å². The number of rotatable bonds is 5. The molecule has 3 rings (SSSR count). The molecule has 0 bridgehead atoms. The molecule has 3 atom stereocenters. The quantitative estimate of drug-likeness (QED) is 0.791. The van der Waals surface area contributed by atoms with Gasteiger partial charge in [0.05, 0.1) is 22.2 Å². The molecule has 0 aromatic heterocycles. The number of benzene rings is 1. The lowest BCUT2D eigenvalue weighted by Gasteiger charge is -2.31. The van der Waals surface area contributed by atoms with E-state index in [1.165, 1.54) is 0 Å². The number of nitrogens with zero attached hydrogens (tertiary/aromatic N) is 3. The minimum absolute atomic E-state index is 0.0134. The number of nitrogens with two attached hydrogens (primary N) is 1. The molecule has 1 aliphatic carbocycles. The molecule has 0 radical (unpaired) electrons. The van der Waals surface area contributed by atoms with Crippen LogP contribution in [0.1, 0.15) is 25.3 Å². The summed E-state index contributed by atoms with van der Waals surface area (Å²) in [5, 5.41) is 20.7. The van der Waals surface area contributed by atoms with Crippen LogP contribution >= 0.6 is 23.2 Å². The second-order valence-electron chi connectivity index (χ2n) is 5.86. The van der Waals surface area contributed by atoms with Gasteiger partial charge in [-0.25, -0.2) is 4.99 Å².